The van der Waals surface area contributed by atoms with E-state index in [9.17, 15) is 9.59 Å². The Morgan fingerprint density at radius 1 is 1.32 bits per heavy atom. The lowest BCUT2D eigenvalue weighted by molar-refractivity contribution is -0.131. The number of imide groups is 1. The van der Waals surface area contributed by atoms with E-state index < -0.39 is 5.54 Å². The molecule has 3 amide bonds. The average molecular weight is 302 g/mol. The van der Waals surface area contributed by atoms with Crippen molar-refractivity contribution in [2.75, 3.05) is 13.7 Å². The summed E-state index contributed by atoms with van der Waals surface area (Å²) in [7, 11) is 1.65. The third-order valence-electron chi connectivity index (χ3n) is 4.72. The number of nitrogens with zero attached hydrogens (tertiary/aromatic N) is 1. The maximum atomic E-state index is 12.5. The van der Waals surface area contributed by atoms with Gasteiger partial charge in [-0.15, -0.1) is 0 Å². The van der Waals surface area contributed by atoms with Gasteiger partial charge in [0.05, 0.1) is 7.11 Å². The number of ether oxygens (including phenoxy) is 1. The molecule has 118 valence electrons. The lowest BCUT2D eigenvalue weighted by Gasteiger charge is -2.21. The fraction of sp³-hybridized carbons (Fsp3) is 0.529. The molecule has 22 heavy (non-hydrogen) atoms. The number of benzene rings is 1. The normalized spacial score (nSPS) is 24.5. The first-order chi connectivity index (χ1) is 10.6. The van der Waals surface area contributed by atoms with Gasteiger partial charge in [0.1, 0.15) is 11.3 Å². The highest BCUT2D eigenvalue weighted by Crippen LogP contribution is 2.42. The SMILES string of the molecule is COc1ccccc1CCCN1C(=O)NC(C)(C2CC2)C1=O. The number of para-hydroxylation sites is 1. The van der Waals surface area contributed by atoms with Crippen LogP contribution in [0.3, 0.4) is 0 Å². The number of carbonyl (C=O) groups excluding carboxylic acids is 2. The molecule has 1 saturated heterocycles. The smallest absolute Gasteiger partial charge is 0.325 e. The number of amides is 3. The second kappa shape index (κ2) is 5.63. The van der Waals surface area contributed by atoms with E-state index in [0.29, 0.717) is 12.5 Å². The summed E-state index contributed by atoms with van der Waals surface area (Å²) in [6, 6.07) is 7.59. The van der Waals surface area contributed by atoms with Crippen LogP contribution in [0.1, 0.15) is 31.7 Å². The van der Waals surface area contributed by atoms with Crippen LogP contribution in [0.5, 0.6) is 5.75 Å². The van der Waals surface area contributed by atoms with Gasteiger partial charge in [-0.2, -0.15) is 0 Å². The molecule has 5 nitrogen and oxygen atoms in total. The second-order valence-electron chi connectivity index (χ2n) is 6.28. The Hall–Kier alpha value is -2.04. The highest BCUT2D eigenvalue weighted by molar-refractivity contribution is 6.07. The summed E-state index contributed by atoms with van der Waals surface area (Å²) in [6.07, 6.45) is 3.57. The van der Waals surface area contributed by atoms with Crippen LogP contribution in [-0.2, 0) is 11.2 Å². The molecule has 0 bridgehead atoms. The van der Waals surface area contributed by atoms with Gasteiger partial charge in [-0.1, -0.05) is 18.2 Å². The van der Waals surface area contributed by atoms with Crippen molar-refractivity contribution in [1.29, 1.82) is 0 Å². The Morgan fingerprint density at radius 2 is 2.05 bits per heavy atom. The molecule has 0 radical (unpaired) electrons. The number of aryl methyl sites for hydroxylation is 1. The average Bonchev–Trinajstić information content (AvgIpc) is 3.33. The molecule has 1 aromatic carbocycles. The zero-order valence-corrected chi connectivity index (χ0v) is 13.1. The van der Waals surface area contributed by atoms with Crippen LogP contribution >= 0.6 is 0 Å². The molecular weight excluding hydrogens is 280 g/mol. The van der Waals surface area contributed by atoms with E-state index in [1.165, 1.54) is 4.90 Å². The van der Waals surface area contributed by atoms with Gasteiger partial charge in [-0.05, 0) is 50.2 Å². The molecule has 1 N–H and O–H groups in total. The zero-order chi connectivity index (χ0) is 15.7. The van der Waals surface area contributed by atoms with E-state index in [1.54, 1.807) is 7.11 Å². The summed E-state index contributed by atoms with van der Waals surface area (Å²) in [5, 5.41) is 2.88. The predicted molar refractivity (Wildman–Crippen MR) is 82.7 cm³/mol. The molecule has 1 saturated carbocycles. The molecule has 2 aliphatic rings. The van der Waals surface area contributed by atoms with E-state index in [0.717, 1.165) is 37.0 Å². The topological polar surface area (TPSA) is 58.6 Å². The van der Waals surface area contributed by atoms with Crippen molar-refractivity contribution < 1.29 is 14.3 Å². The van der Waals surface area contributed by atoms with Crippen LogP contribution in [0.4, 0.5) is 4.79 Å². The molecule has 1 atom stereocenters. The zero-order valence-electron chi connectivity index (χ0n) is 13.1. The van der Waals surface area contributed by atoms with Gasteiger partial charge in [0.15, 0.2) is 0 Å². The fourth-order valence-corrected chi connectivity index (χ4v) is 3.19. The summed E-state index contributed by atoms with van der Waals surface area (Å²) < 4.78 is 5.32. The largest absolute Gasteiger partial charge is 0.496 e. The van der Waals surface area contributed by atoms with Gasteiger partial charge >= 0.3 is 6.03 Å². The number of urea groups is 1. The molecule has 1 aromatic rings. The quantitative estimate of drug-likeness (QED) is 0.821. The minimum absolute atomic E-state index is 0.0694. The van der Waals surface area contributed by atoms with E-state index in [1.807, 2.05) is 31.2 Å². The summed E-state index contributed by atoms with van der Waals surface area (Å²) in [4.78, 5) is 25.9. The highest BCUT2D eigenvalue weighted by Gasteiger charge is 2.55. The molecule has 5 heteroatoms. The molecule has 1 heterocycles. The Labute approximate surface area is 130 Å². The lowest BCUT2D eigenvalue weighted by Crippen LogP contribution is -2.46. The number of hydrogen-bond acceptors (Lipinski definition) is 3. The fourth-order valence-electron chi connectivity index (χ4n) is 3.19. The molecule has 2 fully saturated rings. The molecule has 3 rings (SSSR count). The number of carbonyl (C=O) groups is 2. The first-order valence-corrected chi connectivity index (χ1v) is 7.82. The predicted octanol–water partition coefficient (Wildman–Crippen LogP) is 2.35. The van der Waals surface area contributed by atoms with Crippen LogP contribution in [0, 0.1) is 5.92 Å². The summed E-state index contributed by atoms with van der Waals surface area (Å²) in [5.41, 5.74) is 0.420. The van der Waals surface area contributed by atoms with Crippen molar-refractivity contribution in [3.63, 3.8) is 0 Å². The highest BCUT2D eigenvalue weighted by atomic mass is 16.5. The van der Waals surface area contributed by atoms with Gasteiger partial charge in [0, 0.05) is 6.54 Å². The van der Waals surface area contributed by atoms with Gasteiger partial charge in [0.2, 0.25) is 0 Å². The van der Waals surface area contributed by atoms with Crippen molar-refractivity contribution in [1.82, 2.24) is 10.2 Å². The first kappa shape index (κ1) is 14.9. The van der Waals surface area contributed by atoms with E-state index in [4.69, 9.17) is 4.74 Å². The Kier molecular flexibility index (Phi) is 3.81. The summed E-state index contributed by atoms with van der Waals surface area (Å²) in [5.74, 6) is 1.09. The summed E-state index contributed by atoms with van der Waals surface area (Å²) >= 11 is 0. The van der Waals surface area contributed by atoms with Gasteiger partial charge in [-0.3, -0.25) is 9.69 Å². The standard InChI is InChI=1S/C17H22N2O3/c1-17(13-9-10-13)15(20)19(16(21)18-17)11-5-7-12-6-3-4-8-14(12)22-2/h3-4,6,8,13H,5,7,9-11H2,1-2H3,(H,18,21). The van der Waals surface area contributed by atoms with Crippen molar-refractivity contribution in [3.05, 3.63) is 29.8 Å². The van der Waals surface area contributed by atoms with Crippen LogP contribution in [-0.4, -0.2) is 36.0 Å². The van der Waals surface area contributed by atoms with Crippen LogP contribution in [0.15, 0.2) is 24.3 Å². The monoisotopic (exact) mass is 302 g/mol. The van der Waals surface area contributed by atoms with Gasteiger partial charge in [-0.25, -0.2) is 4.79 Å². The van der Waals surface area contributed by atoms with Crippen LogP contribution in [0.2, 0.25) is 0 Å². The minimum atomic E-state index is -0.679. The van der Waals surface area contributed by atoms with E-state index in [2.05, 4.69) is 5.32 Å². The number of hydrogen-bond donors (Lipinski definition) is 1. The molecular formula is C17H22N2O3. The van der Waals surface area contributed by atoms with E-state index in [-0.39, 0.29) is 11.9 Å². The van der Waals surface area contributed by atoms with E-state index >= 15 is 0 Å². The van der Waals surface area contributed by atoms with Crippen LogP contribution in [0.25, 0.3) is 0 Å². The summed E-state index contributed by atoms with van der Waals surface area (Å²) in [6.45, 7) is 2.30. The van der Waals surface area contributed by atoms with Crippen molar-refractivity contribution in [2.24, 2.45) is 5.92 Å². The van der Waals surface area contributed by atoms with Gasteiger partial charge in [0.25, 0.3) is 5.91 Å². The first-order valence-electron chi connectivity index (χ1n) is 7.82. The third-order valence-corrected chi connectivity index (χ3v) is 4.72. The minimum Gasteiger partial charge on any atom is -0.496 e. The van der Waals surface area contributed by atoms with Crippen molar-refractivity contribution in [3.8, 4) is 5.75 Å². The Balaban J connectivity index is 1.60. The Bertz CT molecular complexity index is 597. The van der Waals surface area contributed by atoms with Crippen molar-refractivity contribution >= 4 is 11.9 Å². The maximum Gasteiger partial charge on any atom is 0.325 e. The molecule has 1 aliphatic heterocycles. The van der Waals surface area contributed by atoms with Crippen molar-refractivity contribution in [2.45, 2.75) is 38.1 Å². The number of nitrogens with one attached hydrogen (secondary N) is 1. The molecule has 1 aliphatic carbocycles. The van der Waals surface area contributed by atoms with Crippen LogP contribution < -0.4 is 10.1 Å². The molecule has 1 unspecified atom stereocenters. The van der Waals surface area contributed by atoms with Gasteiger partial charge < -0.3 is 10.1 Å². The lowest BCUT2D eigenvalue weighted by atomic mass is 9.96. The third kappa shape index (κ3) is 2.56. The molecule has 0 aromatic heterocycles. The molecule has 0 spiro atoms. The number of methoxy groups -OCH3 is 1. The maximum absolute atomic E-state index is 12.5. The second-order valence-corrected chi connectivity index (χ2v) is 6.28. The Morgan fingerprint density at radius 3 is 2.73 bits per heavy atom. The number of rotatable bonds is 6.